The van der Waals surface area contributed by atoms with Gasteiger partial charge in [-0.2, -0.15) is 0 Å². The van der Waals surface area contributed by atoms with Crippen LogP contribution in [0.1, 0.15) is 13.8 Å². The number of benzene rings is 1. The van der Waals surface area contributed by atoms with Gasteiger partial charge >= 0.3 is 0 Å². The molecule has 8 heteroatoms. The third-order valence-corrected chi connectivity index (χ3v) is 4.16. The molecule has 122 valence electrons. The van der Waals surface area contributed by atoms with Crippen LogP contribution in [0.4, 0.5) is 22.9 Å². The van der Waals surface area contributed by atoms with Crippen molar-refractivity contribution in [1.82, 2.24) is 4.98 Å². The van der Waals surface area contributed by atoms with Gasteiger partial charge < -0.3 is 10.6 Å². The monoisotopic (exact) mass is 334 g/mol. The number of nitrogens with zero attached hydrogens (tertiary/aromatic N) is 1. The van der Waals surface area contributed by atoms with E-state index in [1.165, 1.54) is 13.1 Å². The minimum Gasteiger partial charge on any atom is -0.354 e. The fourth-order valence-corrected chi connectivity index (χ4v) is 2.39. The van der Waals surface area contributed by atoms with Crippen LogP contribution in [0.25, 0.3) is 0 Å². The molecule has 0 unspecified atom stereocenters. The van der Waals surface area contributed by atoms with Gasteiger partial charge in [-0.1, -0.05) is 6.07 Å². The average Bonchev–Trinajstić information content (AvgIpc) is 2.49. The Hall–Kier alpha value is -2.61. The molecular formula is C15H18N4O3S. The molecule has 2 aromatic rings. The first-order chi connectivity index (χ1) is 10.9. The van der Waals surface area contributed by atoms with Crippen molar-refractivity contribution in [2.75, 3.05) is 21.1 Å². The number of rotatable bonds is 6. The summed E-state index contributed by atoms with van der Waals surface area (Å²) in [6.07, 6.45) is 1.53. The van der Waals surface area contributed by atoms with E-state index in [1.54, 1.807) is 31.2 Å². The lowest BCUT2D eigenvalue weighted by molar-refractivity contribution is -0.114. The summed E-state index contributed by atoms with van der Waals surface area (Å²) >= 11 is 0. The quantitative estimate of drug-likeness (QED) is 0.754. The Labute approximate surface area is 135 Å². The molecule has 0 fully saturated rings. The second-order valence-corrected chi connectivity index (χ2v) is 6.84. The van der Waals surface area contributed by atoms with E-state index in [2.05, 4.69) is 20.3 Å². The molecule has 7 nitrogen and oxygen atoms in total. The summed E-state index contributed by atoms with van der Waals surface area (Å²) in [4.78, 5) is 15.1. The normalized spacial score (nSPS) is 10.9. The topological polar surface area (TPSA) is 100 Å². The summed E-state index contributed by atoms with van der Waals surface area (Å²) in [5, 5.41) is 5.83. The van der Waals surface area contributed by atoms with Gasteiger partial charge in [-0.15, -0.1) is 0 Å². The van der Waals surface area contributed by atoms with Gasteiger partial charge in [-0.25, -0.2) is 13.4 Å². The Kier molecular flexibility index (Phi) is 5.17. The van der Waals surface area contributed by atoms with Crippen molar-refractivity contribution in [3.05, 3.63) is 42.6 Å². The van der Waals surface area contributed by atoms with E-state index in [-0.39, 0.29) is 17.5 Å². The second kappa shape index (κ2) is 7.10. The fourth-order valence-electron chi connectivity index (χ4n) is 1.80. The Morgan fingerprint density at radius 1 is 1.13 bits per heavy atom. The highest BCUT2D eigenvalue weighted by molar-refractivity contribution is 7.92. The maximum atomic E-state index is 11.5. The SMILES string of the molecule is CCS(=O)(=O)Nc1ccc(Nc2cccc(NC(C)=O)c2)cn1. The van der Waals surface area contributed by atoms with E-state index in [0.29, 0.717) is 11.4 Å². The molecule has 1 amide bonds. The Bertz CT molecular complexity index is 789. The van der Waals surface area contributed by atoms with Gasteiger partial charge in [-0.3, -0.25) is 9.52 Å². The summed E-state index contributed by atoms with van der Waals surface area (Å²) in [7, 11) is -3.33. The van der Waals surface area contributed by atoms with Crippen molar-refractivity contribution < 1.29 is 13.2 Å². The molecule has 1 heterocycles. The fraction of sp³-hybridized carbons (Fsp3) is 0.200. The van der Waals surface area contributed by atoms with Gasteiger partial charge in [-0.05, 0) is 37.3 Å². The molecule has 0 spiro atoms. The van der Waals surface area contributed by atoms with E-state index in [9.17, 15) is 13.2 Å². The van der Waals surface area contributed by atoms with Crippen molar-refractivity contribution in [3.8, 4) is 0 Å². The van der Waals surface area contributed by atoms with Gasteiger partial charge in [0.25, 0.3) is 0 Å². The van der Waals surface area contributed by atoms with Crippen LogP contribution in [0.3, 0.4) is 0 Å². The first kappa shape index (κ1) is 16.8. The zero-order valence-corrected chi connectivity index (χ0v) is 13.6. The number of sulfonamides is 1. The molecule has 0 aliphatic heterocycles. The predicted octanol–water partition coefficient (Wildman–Crippen LogP) is 2.55. The molecule has 0 radical (unpaired) electrons. The summed E-state index contributed by atoms with van der Waals surface area (Å²) in [6.45, 7) is 3.00. The second-order valence-electron chi connectivity index (χ2n) is 4.82. The van der Waals surface area contributed by atoms with Crippen molar-refractivity contribution in [1.29, 1.82) is 0 Å². The molecule has 0 aliphatic carbocycles. The van der Waals surface area contributed by atoms with Crippen LogP contribution >= 0.6 is 0 Å². The highest BCUT2D eigenvalue weighted by atomic mass is 32.2. The molecule has 1 aromatic heterocycles. The molecule has 3 N–H and O–H groups in total. The number of carbonyl (C=O) groups is 1. The summed E-state index contributed by atoms with van der Waals surface area (Å²) < 4.78 is 25.3. The van der Waals surface area contributed by atoms with Crippen molar-refractivity contribution >= 4 is 38.8 Å². The molecule has 0 saturated heterocycles. The standard InChI is InChI=1S/C15H18N4O3S/c1-3-23(21,22)19-15-8-7-14(10-16-15)18-13-6-4-5-12(9-13)17-11(2)20/h4-10,18H,3H2,1-2H3,(H,16,19)(H,17,20). The molecule has 0 saturated carbocycles. The largest absolute Gasteiger partial charge is 0.354 e. The lowest BCUT2D eigenvalue weighted by atomic mass is 10.2. The summed E-state index contributed by atoms with van der Waals surface area (Å²) in [5.41, 5.74) is 2.16. The van der Waals surface area contributed by atoms with Gasteiger partial charge in [0.1, 0.15) is 5.82 Å². The zero-order valence-electron chi connectivity index (χ0n) is 12.8. The van der Waals surface area contributed by atoms with E-state index in [0.717, 1.165) is 5.69 Å². The van der Waals surface area contributed by atoms with Crippen LogP contribution in [-0.4, -0.2) is 25.1 Å². The van der Waals surface area contributed by atoms with Gasteiger partial charge in [0.15, 0.2) is 0 Å². The molecule has 0 aliphatic rings. The van der Waals surface area contributed by atoms with E-state index >= 15 is 0 Å². The van der Waals surface area contributed by atoms with E-state index in [4.69, 9.17) is 0 Å². The maximum Gasteiger partial charge on any atom is 0.233 e. The minimum absolute atomic E-state index is 0.00930. The Morgan fingerprint density at radius 3 is 2.48 bits per heavy atom. The van der Waals surface area contributed by atoms with E-state index < -0.39 is 10.0 Å². The predicted molar refractivity (Wildman–Crippen MR) is 91.3 cm³/mol. The molecule has 1 aromatic carbocycles. The molecule has 23 heavy (non-hydrogen) atoms. The van der Waals surface area contributed by atoms with Crippen molar-refractivity contribution in [2.24, 2.45) is 0 Å². The van der Waals surface area contributed by atoms with Crippen LogP contribution in [0.15, 0.2) is 42.6 Å². The summed E-state index contributed by atoms with van der Waals surface area (Å²) in [5.74, 6) is 0.116. The van der Waals surface area contributed by atoms with E-state index in [1.807, 2.05) is 12.1 Å². The number of hydrogen-bond acceptors (Lipinski definition) is 5. The highest BCUT2D eigenvalue weighted by Crippen LogP contribution is 2.20. The number of pyridine rings is 1. The van der Waals surface area contributed by atoms with Crippen LogP contribution in [-0.2, 0) is 14.8 Å². The van der Waals surface area contributed by atoms with Crippen LogP contribution in [0.5, 0.6) is 0 Å². The Morgan fingerprint density at radius 2 is 1.87 bits per heavy atom. The molecular weight excluding hydrogens is 316 g/mol. The number of aromatic nitrogens is 1. The smallest absolute Gasteiger partial charge is 0.233 e. The number of hydrogen-bond donors (Lipinski definition) is 3. The molecule has 2 rings (SSSR count). The highest BCUT2D eigenvalue weighted by Gasteiger charge is 2.07. The van der Waals surface area contributed by atoms with Gasteiger partial charge in [0.2, 0.25) is 15.9 Å². The number of amides is 1. The van der Waals surface area contributed by atoms with Crippen LogP contribution in [0, 0.1) is 0 Å². The maximum absolute atomic E-state index is 11.5. The van der Waals surface area contributed by atoms with Gasteiger partial charge in [0.05, 0.1) is 17.6 Å². The lowest BCUT2D eigenvalue weighted by Gasteiger charge is -2.10. The van der Waals surface area contributed by atoms with Crippen molar-refractivity contribution in [3.63, 3.8) is 0 Å². The minimum atomic E-state index is -3.33. The Balaban J connectivity index is 2.08. The third kappa shape index (κ3) is 5.26. The number of anilines is 4. The number of nitrogens with one attached hydrogen (secondary N) is 3. The van der Waals surface area contributed by atoms with Crippen LogP contribution in [0.2, 0.25) is 0 Å². The number of carbonyl (C=O) groups excluding carboxylic acids is 1. The summed E-state index contributed by atoms with van der Waals surface area (Å²) in [6, 6.07) is 10.5. The van der Waals surface area contributed by atoms with Crippen LogP contribution < -0.4 is 15.4 Å². The molecule has 0 atom stereocenters. The van der Waals surface area contributed by atoms with Gasteiger partial charge in [0, 0.05) is 18.3 Å². The first-order valence-corrected chi connectivity index (χ1v) is 8.64. The third-order valence-electron chi connectivity index (χ3n) is 2.88. The molecule has 0 bridgehead atoms. The lowest BCUT2D eigenvalue weighted by Crippen LogP contribution is -2.15. The van der Waals surface area contributed by atoms with Crippen molar-refractivity contribution in [2.45, 2.75) is 13.8 Å². The zero-order chi connectivity index (χ0) is 16.9. The first-order valence-electron chi connectivity index (χ1n) is 6.99. The average molecular weight is 334 g/mol.